The normalized spacial score (nSPS) is 12.7. The van der Waals surface area contributed by atoms with Crippen LogP contribution in [-0.4, -0.2) is 51.0 Å². The van der Waals surface area contributed by atoms with E-state index in [4.69, 9.17) is 15.2 Å². The highest BCUT2D eigenvalue weighted by Crippen LogP contribution is 2.14. The zero-order chi connectivity index (χ0) is 36.0. The van der Waals surface area contributed by atoms with Gasteiger partial charge in [-0.2, -0.15) is 0 Å². The summed E-state index contributed by atoms with van der Waals surface area (Å²) in [5.74, 6) is 0.0397. The van der Waals surface area contributed by atoms with Crippen molar-refractivity contribution in [3.63, 3.8) is 0 Å². The minimum absolute atomic E-state index is 0.0397. The van der Waals surface area contributed by atoms with E-state index in [2.05, 4.69) is 36.6 Å². The van der Waals surface area contributed by atoms with E-state index in [0.717, 1.165) is 45.3 Å². The van der Waals surface area contributed by atoms with Crippen LogP contribution >= 0.6 is 0 Å². The molecule has 0 fully saturated rings. The second-order valence-corrected chi connectivity index (χ2v) is 14.8. The Hall–Kier alpha value is -1.47. The third-order valence-corrected chi connectivity index (χ3v) is 9.96. The first-order valence-corrected chi connectivity index (χ1v) is 21.7. The van der Waals surface area contributed by atoms with E-state index in [1.54, 1.807) is 0 Å². The Balaban J connectivity index is 2.38. The van der Waals surface area contributed by atoms with E-state index >= 15 is 0 Å². The van der Waals surface area contributed by atoms with E-state index < -0.39 is 0 Å². The average molecular weight is 702 g/mol. The molecule has 0 aliphatic heterocycles. The van der Waals surface area contributed by atoms with Gasteiger partial charge in [0.1, 0.15) is 0 Å². The maximum Gasteiger partial charge on any atom is 0.237 e. The summed E-state index contributed by atoms with van der Waals surface area (Å²) in [6.07, 6.45) is 34.6. The first-order chi connectivity index (χ1) is 24.7. The van der Waals surface area contributed by atoms with Crippen LogP contribution in [0.3, 0.4) is 0 Å². The molecule has 1 unspecified atom stereocenters. The molecule has 0 saturated heterocycles. The summed E-state index contributed by atoms with van der Waals surface area (Å²) in [5.41, 5.74) is 6.93. The molecule has 6 heteroatoms. The van der Waals surface area contributed by atoms with E-state index in [0.29, 0.717) is 26.2 Å². The number of ether oxygens (including phenoxy) is 2. The Labute approximate surface area is 310 Å². The summed E-state index contributed by atoms with van der Waals surface area (Å²) in [4.78, 5) is 13.4. The molecular formula is C44H83N3O3. The fourth-order valence-electron chi connectivity index (χ4n) is 6.61. The molecule has 4 N–H and O–H groups in total. The largest absolute Gasteiger partial charge is 0.379 e. The fraction of sp³-hybridized carbons (Fsp3) is 0.841. The minimum atomic E-state index is -0.249. The van der Waals surface area contributed by atoms with Crippen molar-refractivity contribution in [2.75, 3.05) is 32.9 Å². The van der Waals surface area contributed by atoms with Crippen molar-refractivity contribution in [2.24, 2.45) is 5.73 Å². The molecule has 0 heterocycles. The van der Waals surface area contributed by atoms with Crippen LogP contribution in [0.1, 0.15) is 193 Å². The van der Waals surface area contributed by atoms with Crippen molar-refractivity contribution < 1.29 is 14.3 Å². The number of hydrogen-bond donors (Lipinski definition) is 3. The lowest BCUT2D eigenvalue weighted by Gasteiger charge is -2.22. The first-order valence-electron chi connectivity index (χ1n) is 21.7. The zero-order valence-corrected chi connectivity index (χ0v) is 33.2. The lowest BCUT2D eigenvalue weighted by atomic mass is 10.1. The summed E-state index contributed by atoms with van der Waals surface area (Å²) in [6.45, 7) is 8.40. The van der Waals surface area contributed by atoms with Gasteiger partial charge in [-0.25, -0.2) is 0 Å². The molecule has 0 bridgehead atoms. The number of carbonyl (C=O) groups is 1. The molecule has 292 valence electrons. The van der Waals surface area contributed by atoms with Gasteiger partial charge in [0.05, 0.1) is 18.8 Å². The van der Waals surface area contributed by atoms with Gasteiger partial charge in [-0.1, -0.05) is 192 Å². The highest BCUT2D eigenvalue weighted by Gasteiger charge is 2.19. The van der Waals surface area contributed by atoms with Crippen molar-refractivity contribution in [2.45, 2.75) is 206 Å². The van der Waals surface area contributed by atoms with Crippen molar-refractivity contribution in [1.29, 1.82) is 0 Å². The van der Waals surface area contributed by atoms with Gasteiger partial charge in [-0.05, 0) is 37.8 Å². The van der Waals surface area contributed by atoms with E-state index in [9.17, 15) is 4.79 Å². The van der Waals surface area contributed by atoms with Crippen LogP contribution in [-0.2, 0) is 20.8 Å². The van der Waals surface area contributed by atoms with Crippen molar-refractivity contribution in [3.8, 4) is 0 Å². The molecule has 1 aromatic rings. The molecule has 0 spiro atoms. The number of nitrogens with two attached hydrogens (primary N) is 1. The SMILES string of the molecule is CCCCCCCCCCCCCCOCC(CNC(=O)[C@@H](CCCCN)NCc1ccccc1)OCCCCCCCCCCCCCC. The molecule has 1 rings (SSSR count). The van der Waals surface area contributed by atoms with E-state index in [1.165, 1.54) is 147 Å². The molecule has 6 nitrogen and oxygen atoms in total. The maximum atomic E-state index is 13.4. The van der Waals surface area contributed by atoms with Crippen LogP contribution in [0.4, 0.5) is 0 Å². The molecular weight excluding hydrogens is 619 g/mol. The van der Waals surface area contributed by atoms with Crippen LogP contribution in [0.25, 0.3) is 0 Å². The highest BCUT2D eigenvalue weighted by molar-refractivity contribution is 5.81. The second kappa shape index (κ2) is 37.3. The number of unbranched alkanes of at least 4 members (excludes halogenated alkanes) is 23. The Morgan fingerprint density at radius 2 is 1.10 bits per heavy atom. The number of hydrogen-bond acceptors (Lipinski definition) is 5. The molecule has 0 radical (unpaired) electrons. The van der Waals surface area contributed by atoms with Gasteiger partial charge in [0.15, 0.2) is 0 Å². The summed E-state index contributed by atoms with van der Waals surface area (Å²) < 4.78 is 12.5. The van der Waals surface area contributed by atoms with Gasteiger partial charge in [-0.3, -0.25) is 4.79 Å². The molecule has 2 atom stereocenters. The number of benzene rings is 1. The Bertz CT molecular complexity index is 824. The highest BCUT2D eigenvalue weighted by atomic mass is 16.5. The van der Waals surface area contributed by atoms with Gasteiger partial charge in [0, 0.05) is 26.3 Å². The minimum Gasteiger partial charge on any atom is -0.379 e. The molecule has 0 aliphatic carbocycles. The maximum absolute atomic E-state index is 13.4. The van der Waals surface area contributed by atoms with Crippen LogP contribution < -0.4 is 16.4 Å². The molecule has 50 heavy (non-hydrogen) atoms. The van der Waals surface area contributed by atoms with E-state index in [-0.39, 0.29) is 18.1 Å². The molecule has 1 aromatic carbocycles. The summed E-state index contributed by atoms with van der Waals surface area (Å²) in [5, 5.41) is 6.69. The summed E-state index contributed by atoms with van der Waals surface area (Å²) in [7, 11) is 0. The van der Waals surface area contributed by atoms with Gasteiger partial charge in [0.25, 0.3) is 0 Å². The van der Waals surface area contributed by atoms with Gasteiger partial charge in [0.2, 0.25) is 5.91 Å². The Morgan fingerprint density at radius 3 is 1.60 bits per heavy atom. The predicted molar refractivity (Wildman–Crippen MR) is 216 cm³/mol. The standard InChI is InChI=1S/C44H83N3O3/c1-3-5-7-9-11-13-15-17-19-21-23-30-36-49-40-42(50-37-31-24-22-20-18-16-14-12-10-8-6-4-2)39-47-44(48)43(34-28-29-35-45)46-38-41-32-26-25-27-33-41/h25-27,32-33,42-43,46H,3-24,28-31,34-40,45H2,1-2H3,(H,47,48)/t42?,43-/m1/s1. The Morgan fingerprint density at radius 1 is 0.620 bits per heavy atom. The van der Waals surface area contributed by atoms with Crippen molar-refractivity contribution in [1.82, 2.24) is 10.6 Å². The fourth-order valence-corrected chi connectivity index (χ4v) is 6.61. The topological polar surface area (TPSA) is 85.6 Å². The third kappa shape index (κ3) is 30.2. The lowest BCUT2D eigenvalue weighted by molar-refractivity contribution is -0.124. The zero-order valence-electron chi connectivity index (χ0n) is 33.2. The van der Waals surface area contributed by atoms with Crippen LogP contribution in [0, 0.1) is 0 Å². The molecule has 0 aliphatic rings. The first kappa shape index (κ1) is 46.6. The molecule has 0 saturated carbocycles. The predicted octanol–water partition coefficient (Wildman–Crippen LogP) is 11.2. The number of nitrogens with one attached hydrogen (secondary N) is 2. The molecule has 0 aromatic heterocycles. The summed E-state index contributed by atoms with van der Waals surface area (Å²) >= 11 is 0. The van der Waals surface area contributed by atoms with Crippen molar-refractivity contribution >= 4 is 5.91 Å². The van der Waals surface area contributed by atoms with Gasteiger partial charge in [-0.15, -0.1) is 0 Å². The van der Waals surface area contributed by atoms with Crippen LogP contribution in [0.5, 0.6) is 0 Å². The Kier molecular flexibility index (Phi) is 34.7. The molecule has 1 amide bonds. The smallest absolute Gasteiger partial charge is 0.237 e. The number of amides is 1. The number of rotatable bonds is 39. The lowest BCUT2D eigenvalue weighted by Crippen LogP contribution is -2.47. The average Bonchev–Trinajstić information content (AvgIpc) is 3.14. The summed E-state index contributed by atoms with van der Waals surface area (Å²) in [6, 6.07) is 10.0. The quantitative estimate of drug-likeness (QED) is 0.0595. The van der Waals surface area contributed by atoms with Crippen LogP contribution in [0.15, 0.2) is 30.3 Å². The van der Waals surface area contributed by atoms with E-state index in [1.807, 2.05) is 18.2 Å². The second-order valence-electron chi connectivity index (χ2n) is 14.8. The van der Waals surface area contributed by atoms with Gasteiger partial charge < -0.3 is 25.8 Å². The third-order valence-electron chi connectivity index (χ3n) is 9.96. The monoisotopic (exact) mass is 702 g/mol. The van der Waals surface area contributed by atoms with Crippen molar-refractivity contribution in [3.05, 3.63) is 35.9 Å². The van der Waals surface area contributed by atoms with Crippen LogP contribution in [0.2, 0.25) is 0 Å². The number of carbonyl (C=O) groups excluding carboxylic acids is 1. The van der Waals surface area contributed by atoms with Gasteiger partial charge >= 0.3 is 0 Å².